The van der Waals surface area contributed by atoms with E-state index >= 15 is 0 Å². The van der Waals surface area contributed by atoms with Crippen LogP contribution >= 0.6 is 0 Å². The minimum absolute atomic E-state index is 0.0207. The Balaban J connectivity index is 1.24. The first-order valence-corrected chi connectivity index (χ1v) is 11.1. The molecule has 9 nitrogen and oxygen atoms in total. The maximum Gasteiger partial charge on any atom is 0.433 e. The number of aliphatic hydroxyl groups is 1. The van der Waals surface area contributed by atoms with Gasteiger partial charge in [-0.1, -0.05) is 0 Å². The number of aromatic nitrogens is 2. The van der Waals surface area contributed by atoms with Crippen molar-refractivity contribution in [2.24, 2.45) is 0 Å². The number of hydrogen-bond acceptors (Lipinski definition) is 7. The number of fused-ring (bicyclic) bond motifs is 2. The summed E-state index contributed by atoms with van der Waals surface area (Å²) in [6.45, 7) is -1.02. The number of nitrogens with zero attached hydrogens (tertiary/aromatic N) is 2. The summed E-state index contributed by atoms with van der Waals surface area (Å²) in [5.74, 6) is -1.27. The molecule has 2 aromatic heterocycles. The number of rotatable bonds is 8. The maximum absolute atomic E-state index is 12.6. The average Bonchev–Trinajstić information content (AvgIpc) is 2.82. The lowest BCUT2D eigenvalue weighted by molar-refractivity contribution is -0.142. The Kier molecular flexibility index (Phi) is 7.23. The van der Waals surface area contributed by atoms with Gasteiger partial charge in [-0.05, 0) is 42.7 Å². The molecule has 3 N–H and O–H groups in total. The third-order valence-corrected chi connectivity index (χ3v) is 5.99. The molecule has 1 fully saturated rings. The van der Waals surface area contributed by atoms with E-state index in [1.54, 1.807) is 0 Å². The summed E-state index contributed by atoms with van der Waals surface area (Å²) < 4.78 is 85.7. The quantitative estimate of drug-likeness (QED) is 0.436. The van der Waals surface area contributed by atoms with Crippen molar-refractivity contribution in [3.63, 3.8) is 0 Å². The number of carbonyl (C=O) groups is 2. The van der Waals surface area contributed by atoms with Gasteiger partial charge in [-0.25, -0.2) is 9.97 Å². The summed E-state index contributed by atoms with van der Waals surface area (Å²) in [6, 6.07) is 3.52. The van der Waals surface area contributed by atoms with Gasteiger partial charge in [-0.2, -0.15) is 26.3 Å². The fraction of sp³-hybridized carbons (Fsp3) is 0.391. The largest absolute Gasteiger partial charge is 0.482 e. The number of amides is 2. The fourth-order valence-corrected chi connectivity index (χ4v) is 4.09. The lowest BCUT2D eigenvalue weighted by Crippen LogP contribution is -2.65. The van der Waals surface area contributed by atoms with Gasteiger partial charge < -0.3 is 25.2 Å². The number of pyridine rings is 2. The van der Waals surface area contributed by atoms with Crippen molar-refractivity contribution in [3.8, 4) is 11.5 Å². The van der Waals surface area contributed by atoms with Gasteiger partial charge in [0, 0.05) is 12.1 Å². The Morgan fingerprint density at radius 3 is 1.82 bits per heavy atom. The summed E-state index contributed by atoms with van der Waals surface area (Å²) in [5, 5.41) is 15.9. The minimum atomic E-state index is -4.60. The van der Waals surface area contributed by atoms with E-state index in [1.165, 1.54) is 0 Å². The first-order valence-electron chi connectivity index (χ1n) is 11.1. The second-order valence-corrected chi connectivity index (χ2v) is 8.74. The van der Waals surface area contributed by atoms with Gasteiger partial charge in [-0.15, -0.1) is 0 Å². The molecule has 2 amide bonds. The number of nitrogens with one attached hydrogen (secondary N) is 2. The maximum atomic E-state index is 12.6. The van der Waals surface area contributed by atoms with Crippen molar-refractivity contribution < 1.29 is 50.5 Å². The molecule has 15 heteroatoms. The summed E-state index contributed by atoms with van der Waals surface area (Å²) >= 11 is 0. The van der Waals surface area contributed by atoms with Crippen molar-refractivity contribution in [2.75, 3.05) is 13.2 Å². The van der Waals surface area contributed by atoms with Gasteiger partial charge in [0.15, 0.2) is 13.2 Å². The van der Waals surface area contributed by atoms with Crippen LogP contribution in [0, 0.1) is 0 Å². The third kappa shape index (κ3) is 6.15. The second-order valence-electron chi connectivity index (χ2n) is 8.74. The van der Waals surface area contributed by atoms with Crippen LogP contribution in [-0.4, -0.2) is 51.7 Å². The number of alkyl halides is 6. The highest BCUT2D eigenvalue weighted by atomic mass is 19.4. The molecule has 0 saturated heterocycles. The Labute approximate surface area is 210 Å². The van der Waals surface area contributed by atoms with Crippen LogP contribution in [-0.2, 0) is 21.9 Å². The van der Waals surface area contributed by atoms with E-state index in [4.69, 9.17) is 9.47 Å². The number of aliphatic hydroxyl groups excluding tert-OH is 1. The van der Waals surface area contributed by atoms with E-state index in [0.29, 0.717) is 5.70 Å². The van der Waals surface area contributed by atoms with Crippen molar-refractivity contribution >= 4 is 11.8 Å². The van der Waals surface area contributed by atoms with Gasteiger partial charge in [0.2, 0.25) is 0 Å². The molecular weight excluding hydrogens is 526 g/mol. The van der Waals surface area contributed by atoms with Crippen LogP contribution < -0.4 is 20.1 Å². The van der Waals surface area contributed by atoms with Gasteiger partial charge in [0.05, 0.1) is 24.0 Å². The second kappa shape index (κ2) is 10.1. The highest BCUT2D eigenvalue weighted by Crippen LogP contribution is 2.47. The zero-order chi connectivity index (χ0) is 27.7. The normalized spacial score (nSPS) is 20.9. The molecule has 2 aromatic rings. The molecule has 38 heavy (non-hydrogen) atoms. The zero-order valence-corrected chi connectivity index (χ0v) is 19.3. The van der Waals surface area contributed by atoms with Crippen LogP contribution in [0.15, 0.2) is 47.9 Å². The molecule has 5 rings (SSSR count). The Bertz CT molecular complexity index is 1220. The van der Waals surface area contributed by atoms with E-state index in [2.05, 4.69) is 20.6 Å². The SMILES string of the molecule is O=C(COc1ccc(C(F)(F)F)nc1)NC1=C2CC(NC(=O)COc3ccc(C(F)(F)F)nc3)(C2)[C@@H](O)C1. The lowest BCUT2D eigenvalue weighted by atomic mass is 9.62. The molecule has 1 saturated carbocycles. The number of hydrogen-bond donors (Lipinski definition) is 3. The van der Waals surface area contributed by atoms with E-state index in [-0.39, 0.29) is 30.8 Å². The van der Waals surface area contributed by atoms with Gasteiger partial charge in [0.25, 0.3) is 11.8 Å². The van der Waals surface area contributed by atoms with Gasteiger partial charge in [-0.3, -0.25) is 9.59 Å². The van der Waals surface area contributed by atoms with Crippen LogP contribution in [0.25, 0.3) is 0 Å². The van der Waals surface area contributed by atoms with Crippen molar-refractivity contribution in [1.82, 2.24) is 20.6 Å². The molecule has 204 valence electrons. The molecule has 2 heterocycles. The zero-order valence-electron chi connectivity index (χ0n) is 19.3. The van der Waals surface area contributed by atoms with E-state index in [1.807, 2.05) is 0 Å². The summed E-state index contributed by atoms with van der Waals surface area (Å²) in [6.07, 6.45) is -8.03. The molecular formula is C23H20F6N4O5. The lowest BCUT2D eigenvalue weighted by Gasteiger charge is -2.52. The molecule has 0 aromatic carbocycles. The first-order chi connectivity index (χ1) is 17.7. The molecule has 0 unspecified atom stereocenters. The van der Waals surface area contributed by atoms with Crippen molar-refractivity contribution in [2.45, 2.75) is 43.3 Å². The summed E-state index contributed by atoms with van der Waals surface area (Å²) in [4.78, 5) is 31.0. The highest BCUT2D eigenvalue weighted by Gasteiger charge is 2.52. The van der Waals surface area contributed by atoms with E-state index < -0.39 is 60.4 Å². The highest BCUT2D eigenvalue weighted by molar-refractivity contribution is 5.81. The minimum Gasteiger partial charge on any atom is -0.482 e. The molecule has 0 aliphatic heterocycles. The number of carbonyl (C=O) groups excluding carboxylic acids is 2. The van der Waals surface area contributed by atoms with Crippen LogP contribution in [0.4, 0.5) is 26.3 Å². The summed E-state index contributed by atoms with van der Waals surface area (Å²) in [7, 11) is 0. The predicted octanol–water partition coefficient (Wildman–Crippen LogP) is 2.76. The van der Waals surface area contributed by atoms with E-state index in [9.17, 15) is 41.0 Å². The van der Waals surface area contributed by atoms with Crippen molar-refractivity contribution in [1.29, 1.82) is 0 Å². The average molecular weight is 546 g/mol. The smallest absolute Gasteiger partial charge is 0.433 e. The molecule has 3 aliphatic carbocycles. The number of ether oxygens (including phenoxy) is 2. The fourth-order valence-electron chi connectivity index (χ4n) is 4.09. The van der Waals surface area contributed by atoms with E-state index in [0.717, 1.165) is 42.2 Å². The Hall–Kier alpha value is -3.88. The van der Waals surface area contributed by atoms with Crippen LogP contribution in [0.5, 0.6) is 11.5 Å². The van der Waals surface area contributed by atoms with Crippen LogP contribution in [0.3, 0.4) is 0 Å². The molecule has 2 bridgehead atoms. The number of halogens is 6. The third-order valence-electron chi connectivity index (χ3n) is 5.99. The van der Waals surface area contributed by atoms with Gasteiger partial charge >= 0.3 is 12.4 Å². The first kappa shape index (κ1) is 27.2. The molecule has 0 radical (unpaired) electrons. The topological polar surface area (TPSA) is 123 Å². The summed E-state index contributed by atoms with van der Waals surface area (Å²) in [5.41, 5.74) is -1.92. The standard InChI is InChI=1S/C23H20F6N4O5/c24-22(25,26)16-3-1-13(8-30-16)37-10-19(35)32-15-5-18(34)21(6-12(15)7-21)33-20(36)11-38-14-2-4-17(31-9-14)23(27,28)29/h1-4,8-9,18,34H,5-7,10-11H2,(H,32,35)(H,33,36)/t18-/m0/s1. The molecule has 3 aliphatic rings. The van der Waals surface area contributed by atoms with Gasteiger partial charge in [0.1, 0.15) is 22.9 Å². The van der Waals surface area contributed by atoms with Crippen molar-refractivity contribution in [3.05, 3.63) is 59.3 Å². The predicted molar refractivity (Wildman–Crippen MR) is 115 cm³/mol. The van der Waals surface area contributed by atoms with Crippen LogP contribution in [0.2, 0.25) is 0 Å². The van der Waals surface area contributed by atoms with Crippen LogP contribution in [0.1, 0.15) is 30.7 Å². The monoisotopic (exact) mass is 546 g/mol. The molecule has 1 atom stereocenters. The Morgan fingerprint density at radius 2 is 1.39 bits per heavy atom. The Morgan fingerprint density at radius 1 is 0.895 bits per heavy atom. The molecule has 0 spiro atoms.